The molecular weight excluding hydrogens is 1650 g/mol. The quantitative estimate of drug-likeness (QED) is 0.141. The third-order valence-electron chi connectivity index (χ3n) is 38.4. The lowest BCUT2D eigenvalue weighted by Gasteiger charge is -2.52. The molecule has 0 amide bonds. The summed E-state index contributed by atoms with van der Waals surface area (Å²) in [4.78, 5) is 10.9. The van der Waals surface area contributed by atoms with Crippen molar-refractivity contribution in [2.45, 2.75) is 406 Å². The van der Waals surface area contributed by atoms with E-state index in [1.165, 1.54) is 203 Å². The van der Waals surface area contributed by atoms with Gasteiger partial charge in [0, 0.05) is 67.6 Å². The average molecular weight is 1800 g/mol. The predicted octanol–water partition coefficient (Wildman–Crippen LogP) is 32.1. The molecule has 3 unspecified atom stereocenters. The number of rotatable bonds is 8. The fraction of sp³-hybridized carbons (Fsp3) is 0.500. The van der Waals surface area contributed by atoms with Gasteiger partial charge in [-0.05, 0) is 397 Å². The highest BCUT2D eigenvalue weighted by molar-refractivity contribution is 7.00. The van der Waals surface area contributed by atoms with Crippen LogP contribution in [0.1, 0.15) is 414 Å². The van der Waals surface area contributed by atoms with Gasteiger partial charge in [-0.25, -0.2) is 0 Å². The molecule has 22 rings (SSSR count). The summed E-state index contributed by atoms with van der Waals surface area (Å²) in [6.07, 6.45) is 14.5. The van der Waals surface area contributed by atoms with Crippen molar-refractivity contribution in [3.63, 3.8) is 0 Å². The molecule has 6 aliphatic carbocycles. The first-order valence-electron chi connectivity index (χ1n) is 52.9. The fourth-order valence-corrected chi connectivity index (χ4v) is 28.2. The SMILES string of the molecule is CCC(C)c1cc2c3c(c1)N(c1ccc4c(c1)C(C)(C)CCC4(C)C)c1c(oc4cc5c(cc14)C(C)(C)CCC5(C)CC1CC(C)(C)c4ccc(N5c6cc(C(C)(C)C)cc7c6B(c6cc(C(C)(C)C)ccc6N7c6ccc7c(c6)C(C)(C)CCC7(C)C)c6oc7cc8c(cc7c65)C(C)(C)CCC8(C)C)cc4C1(C)C)B3c1ccc(C(C)(C)C)cc1N2c1ccc2c(c1)C(C)(C)CCC2(C)C. The second-order valence-corrected chi connectivity index (χ2v) is 55.8. The molecule has 0 saturated heterocycles. The minimum Gasteiger partial charge on any atom is -0.468 e. The van der Waals surface area contributed by atoms with E-state index in [4.69, 9.17) is 8.83 Å². The van der Waals surface area contributed by atoms with Gasteiger partial charge in [0.1, 0.15) is 11.2 Å². The van der Waals surface area contributed by atoms with Crippen LogP contribution >= 0.6 is 0 Å². The lowest BCUT2D eigenvalue weighted by atomic mass is 9.35. The molecule has 10 aromatic carbocycles. The summed E-state index contributed by atoms with van der Waals surface area (Å²) in [5.41, 5.74) is 46.1. The second kappa shape index (κ2) is 28.9. The van der Waals surface area contributed by atoms with Crippen LogP contribution in [0.15, 0.2) is 167 Å². The van der Waals surface area contributed by atoms with Crippen LogP contribution in [-0.4, -0.2) is 13.4 Å². The minimum atomic E-state index is -0.266. The van der Waals surface area contributed by atoms with Gasteiger partial charge in [0.05, 0.1) is 22.7 Å². The Labute approximate surface area is 818 Å². The molecule has 12 aromatic rings. The number of benzene rings is 10. The zero-order valence-electron chi connectivity index (χ0n) is 89.6. The molecule has 3 atom stereocenters. The summed E-state index contributed by atoms with van der Waals surface area (Å²) in [5, 5.41) is 2.43. The summed E-state index contributed by atoms with van der Waals surface area (Å²) in [7, 11) is 0. The van der Waals surface area contributed by atoms with Gasteiger partial charge in [0.2, 0.25) is 0 Å². The largest absolute Gasteiger partial charge is 0.468 e. The van der Waals surface area contributed by atoms with Gasteiger partial charge in [0.15, 0.2) is 0 Å². The number of hydrogen-bond acceptors (Lipinski definition) is 6. The van der Waals surface area contributed by atoms with Crippen molar-refractivity contribution in [2.24, 2.45) is 5.92 Å². The Morgan fingerprint density at radius 1 is 0.309 bits per heavy atom. The Kier molecular flexibility index (Phi) is 19.5. The zero-order valence-corrected chi connectivity index (χ0v) is 89.6. The van der Waals surface area contributed by atoms with Gasteiger partial charge in [-0.15, -0.1) is 0 Å². The van der Waals surface area contributed by atoms with Crippen molar-refractivity contribution < 1.29 is 8.83 Å². The summed E-state index contributed by atoms with van der Waals surface area (Å²) in [6.45, 7) is 84.2. The Morgan fingerprint density at radius 3 is 1.08 bits per heavy atom. The predicted molar refractivity (Wildman–Crippen MR) is 585 cm³/mol. The molecule has 0 saturated carbocycles. The van der Waals surface area contributed by atoms with E-state index in [1.54, 1.807) is 0 Å². The van der Waals surface area contributed by atoms with Crippen molar-refractivity contribution in [3.8, 4) is 0 Å². The molecule has 10 aliphatic rings. The average Bonchev–Trinajstić information content (AvgIpc) is 1.01. The summed E-state index contributed by atoms with van der Waals surface area (Å²) >= 11 is 0. The van der Waals surface area contributed by atoms with E-state index in [9.17, 15) is 0 Å². The third-order valence-corrected chi connectivity index (χ3v) is 38.4. The maximum Gasteiger partial charge on any atom is 0.297 e. The second-order valence-electron chi connectivity index (χ2n) is 55.8. The van der Waals surface area contributed by atoms with Crippen molar-refractivity contribution in [1.82, 2.24) is 0 Å². The van der Waals surface area contributed by atoms with E-state index in [-0.39, 0.29) is 94.7 Å². The van der Waals surface area contributed by atoms with Crippen LogP contribution in [0.3, 0.4) is 0 Å². The number of nitrogens with zero attached hydrogens (tertiary/aromatic N) is 4. The van der Waals surface area contributed by atoms with E-state index in [0.717, 1.165) is 93.1 Å². The Hall–Kier alpha value is -9.39. The van der Waals surface area contributed by atoms with Crippen LogP contribution < -0.4 is 52.8 Å². The van der Waals surface area contributed by atoms with Crippen LogP contribution in [-0.2, 0) is 81.2 Å². The van der Waals surface area contributed by atoms with Crippen LogP contribution in [0, 0.1) is 5.92 Å². The van der Waals surface area contributed by atoms with E-state index in [1.807, 2.05) is 0 Å². The molecule has 0 N–H and O–H groups in total. The molecular formula is C128H156B2N4O2. The van der Waals surface area contributed by atoms with Crippen molar-refractivity contribution >= 4 is 137 Å². The first kappa shape index (κ1) is 91.7. The molecule has 706 valence electrons. The van der Waals surface area contributed by atoms with E-state index in [2.05, 4.69) is 413 Å². The molecule has 0 fully saturated rings. The Balaban J connectivity index is 0.734. The van der Waals surface area contributed by atoms with Crippen molar-refractivity contribution in [3.05, 3.63) is 247 Å². The van der Waals surface area contributed by atoms with Gasteiger partial charge < -0.3 is 28.4 Å². The first-order chi connectivity index (χ1) is 63.2. The van der Waals surface area contributed by atoms with Gasteiger partial charge in [-0.3, -0.25) is 0 Å². The summed E-state index contributed by atoms with van der Waals surface area (Å²) in [6, 6.07) is 66.8. The Morgan fingerprint density at radius 2 is 0.640 bits per heavy atom. The molecule has 8 heteroatoms. The number of hydrogen-bond donors (Lipinski definition) is 0. The standard InChI is InChI=1S/C128H156B2N4O2/c1-35-74(2)75-58-102-108-103(59-75)133(82-40-44-88-92(66-82)122(22,23)53-50-119(88,16)17)110-85-69-94-97(71-107(85)136-112(110)129(108)98-46-36-77(115(6,7)8)61-101(98)132(102)81-39-43-87-91(65-81)121(20,21)52-49-118(87,14)15)128(34,57-56-125(94,28)29)73-79-72-126(30,31)89-45-41-83(67-96(89)127(79,32)33)134-105-63-78(116(9,10)11)62-104-109(105)130(113-111(134)84-68-93-95(70-106(84)135-113)124(26,27)55-54-123(93,24)25)99-60-76(114(3,4)5)37-47-100(99)131(104)80-38-42-86-90(64-80)120(18,19)51-48-117(86,12)13/h36-47,58-71,74,79H,35,48-57,72-73H2,1-34H3. The van der Waals surface area contributed by atoms with Gasteiger partial charge in [0.25, 0.3) is 13.4 Å². The smallest absolute Gasteiger partial charge is 0.297 e. The molecule has 4 aliphatic heterocycles. The molecule has 2 aromatic heterocycles. The van der Waals surface area contributed by atoms with Crippen molar-refractivity contribution in [1.29, 1.82) is 0 Å². The molecule has 0 radical (unpaired) electrons. The van der Waals surface area contributed by atoms with Gasteiger partial charge in [-0.1, -0.05) is 284 Å². The normalized spacial score (nSPS) is 22.6. The minimum absolute atomic E-state index is 0.00774. The highest BCUT2D eigenvalue weighted by Gasteiger charge is 2.56. The van der Waals surface area contributed by atoms with Crippen LogP contribution in [0.5, 0.6) is 0 Å². The molecule has 0 spiro atoms. The molecule has 6 heterocycles. The van der Waals surface area contributed by atoms with Gasteiger partial charge in [-0.2, -0.15) is 0 Å². The van der Waals surface area contributed by atoms with Crippen LogP contribution in [0.2, 0.25) is 0 Å². The fourth-order valence-electron chi connectivity index (χ4n) is 28.2. The van der Waals surface area contributed by atoms with Crippen LogP contribution in [0.25, 0.3) is 21.9 Å². The topological polar surface area (TPSA) is 39.2 Å². The van der Waals surface area contributed by atoms with Crippen LogP contribution in [0.4, 0.5) is 68.2 Å². The highest BCUT2D eigenvalue weighted by Crippen LogP contribution is 2.63. The lowest BCUT2D eigenvalue weighted by Crippen LogP contribution is -2.61. The first-order valence-corrected chi connectivity index (χ1v) is 52.9. The van der Waals surface area contributed by atoms with E-state index < -0.39 is 0 Å². The number of anilines is 12. The molecule has 0 bridgehead atoms. The van der Waals surface area contributed by atoms with E-state index >= 15 is 0 Å². The lowest BCUT2D eigenvalue weighted by molar-refractivity contribution is 0.152. The monoisotopic (exact) mass is 1800 g/mol. The number of furan rings is 2. The zero-order chi connectivity index (χ0) is 97.0. The highest BCUT2D eigenvalue weighted by atomic mass is 16.3. The third kappa shape index (κ3) is 13.5. The summed E-state index contributed by atoms with van der Waals surface area (Å²) < 4.78 is 16.4. The maximum atomic E-state index is 8.30. The van der Waals surface area contributed by atoms with Crippen molar-refractivity contribution in [2.75, 3.05) is 19.6 Å². The van der Waals surface area contributed by atoms with Gasteiger partial charge >= 0.3 is 0 Å². The molecule has 6 nitrogen and oxygen atoms in total. The Bertz CT molecular complexity index is 7110. The summed E-state index contributed by atoms with van der Waals surface area (Å²) in [5.74, 6) is 0.603. The molecule has 136 heavy (non-hydrogen) atoms. The van der Waals surface area contributed by atoms with E-state index in [0.29, 0.717) is 11.8 Å². The number of fused-ring (bicyclic) bond motifs is 18. The maximum absolute atomic E-state index is 8.30.